The molecular formula is C9H13N2O+. The second kappa shape index (κ2) is 2.75. The Morgan fingerprint density at radius 2 is 2.33 bits per heavy atom. The van der Waals surface area contributed by atoms with Crippen LogP contribution in [-0.4, -0.2) is 4.98 Å². The van der Waals surface area contributed by atoms with Crippen molar-refractivity contribution in [2.45, 2.75) is 25.3 Å². The van der Waals surface area contributed by atoms with Crippen LogP contribution in [-0.2, 0) is 6.42 Å². The van der Waals surface area contributed by atoms with E-state index in [0.717, 1.165) is 25.0 Å². The van der Waals surface area contributed by atoms with Crippen LogP contribution in [0.4, 0.5) is 0 Å². The third-order valence-electron chi connectivity index (χ3n) is 2.46. The average molecular weight is 165 g/mol. The van der Waals surface area contributed by atoms with E-state index >= 15 is 0 Å². The zero-order valence-electron chi connectivity index (χ0n) is 6.97. The highest BCUT2D eigenvalue weighted by Crippen LogP contribution is 2.23. The molecule has 4 N–H and O–H groups in total. The maximum atomic E-state index is 11.0. The van der Waals surface area contributed by atoms with Gasteiger partial charge in [0.2, 0.25) is 5.56 Å². The SMILES string of the molecule is [NH3+][C@@H]1CCCc2[nH]c(=O)ccc21. The van der Waals surface area contributed by atoms with E-state index in [1.165, 1.54) is 5.56 Å². The van der Waals surface area contributed by atoms with E-state index in [1.54, 1.807) is 6.07 Å². The molecular weight excluding hydrogens is 152 g/mol. The highest BCUT2D eigenvalue weighted by molar-refractivity contribution is 5.24. The standard InChI is InChI=1S/C9H12N2O/c10-7-2-1-3-8-6(7)4-5-9(12)11-8/h4-5,7H,1-3,10H2,(H,11,12)/p+1/t7-/m1/s1. The van der Waals surface area contributed by atoms with Gasteiger partial charge in [-0.15, -0.1) is 0 Å². The molecule has 2 rings (SSSR count). The van der Waals surface area contributed by atoms with E-state index in [9.17, 15) is 4.79 Å². The smallest absolute Gasteiger partial charge is 0.248 e. The number of pyridine rings is 1. The van der Waals surface area contributed by atoms with Gasteiger partial charge < -0.3 is 10.7 Å². The summed E-state index contributed by atoms with van der Waals surface area (Å²) in [4.78, 5) is 13.8. The van der Waals surface area contributed by atoms with Crippen molar-refractivity contribution in [3.63, 3.8) is 0 Å². The van der Waals surface area contributed by atoms with Gasteiger partial charge >= 0.3 is 0 Å². The number of nitrogens with one attached hydrogen (secondary N) is 1. The molecule has 0 spiro atoms. The summed E-state index contributed by atoms with van der Waals surface area (Å²) in [5.41, 5.74) is 6.36. The highest BCUT2D eigenvalue weighted by atomic mass is 16.1. The Hall–Kier alpha value is -1.09. The van der Waals surface area contributed by atoms with Gasteiger partial charge in [-0.3, -0.25) is 4.79 Å². The Kier molecular flexibility index (Phi) is 1.73. The Labute approximate surface area is 70.6 Å². The lowest BCUT2D eigenvalue weighted by atomic mass is 9.92. The number of aromatic nitrogens is 1. The van der Waals surface area contributed by atoms with Crippen molar-refractivity contribution in [3.8, 4) is 0 Å². The number of hydrogen-bond acceptors (Lipinski definition) is 1. The molecule has 1 aliphatic rings. The van der Waals surface area contributed by atoms with Gasteiger partial charge in [0, 0.05) is 23.7 Å². The lowest BCUT2D eigenvalue weighted by Crippen LogP contribution is -2.54. The molecule has 0 radical (unpaired) electrons. The summed E-state index contributed by atoms with van der Waals surface area (Å²) in [5.74, 6) is 0. The zero-order valence-corrected chi connectivity index (χ0v) is 6.97. The van der Waals surface area contributed by atoms with Crippen molar-refractivity contribution in [2.75, 3.05) is 0 Å². The Morgan fingerprint density at radius 3 is 3.17 bits per heavy atom. The molecule has 3 nitrogen and oxygen atoms in total. The largest absolute Gasteiger partial charge is 0.351 e. The van der Waals surface area contributed by atoms with Crippen LogP contribution in [0.2, 0.25) is 0 Å². The minimum absolute atomic E-state index is 0.00264. The molecule has 12 heavy (non-hydrogen) atoms. The molecule has 0 fully saturated rings. The molecule has 1 aromatic heterocycles. The first-order valence-electron chi connectivity index (χ1n) is 4.32. The molecule has 3 heteroatoms. The van der Waals surface area contributed by atoms with Gasteiger partial charge in [-0.1, -0.05) is 0 Å². The van der Waals surface area contributed by atoms with E-state index in [2.05, 4.69) is 10.7 Å². The number of fused-ring (bicyclic) bond motifs is 1. The van der Waals surface area contributed by atoms with Crippen molar-refractivity contribution in [3.05, 3.63) is 33.7 Å². The third kappa shape index (κ3) is 1.16. The molecule has 1 heterocycles. The van der Waals surface area contributed by atoms with Gasteiger partial charge in [-0.25, -0.2) is 0 Å². The Morgan fingerprint density at radius 1 is 1.50 bits per heavy atom. The van der Waals surface area contributed by atoms with Gasteiger partial charge in [0.1, 0.15) is 6.04 Å². The second-order valence-electron chi connectivity index (χ2n) is 3.35. The van der Waals surface area contributed by atoms with Crippen molar-refractivity contribution < 1.29 is 5.73 Å². The predicted octanol–water partition coefficient (Wildman–Crippen LogP) is -0.00580. The van der Waals surface area contributed by atoms with Crippen LogP contribution < -0.4 is 11.3 Å². The molecule has 0 aromatic carbocycles. The quantitative estimate of drug-likeness (QED) is 0.558. The van der Waals surface area contributed by atoms with Crippen LogP contribution in [0.3, 0.4) is 0 Å². The fourth-order valence-corrected chi connectivity index (χ4v) is 1.80. The number of hydrogen-bond donors (Lipinski definition) is 2. The van der Waals surface area contributed by atoms with Crippen LogP contribution in [0.5, 0.6) is 0 Å². The van der Waals surface area contributed by atoms with Gasteiger partial charge in [-0.05, 0) is 18.9 Å². The maximum absolute atomic E-state index is 11.0. The molecule has 64 valence electrons. The lowest BCUT2D eigenvalue weighted by molar-refractivity contribution is -0.429. The van der Waals surface area contributed by atoms with Crippen molar-refractivity contribution in [2.24, 2.45) is 0 Å². The van der Waals surface area contributed by atoms with Gasteiger partial charge in [0.15, 0.2) is 0 Å². The number of H-pyrrole nitrogens is 1. The summed E-state index contributed by atoms with van der Waals surface area (Å²) >= 11 is 0. The molecule has 0 saturated carbocycles. The second-order valence-corrected chi connectivity index (χ2v) is 3.35. The number of quaternary nitrogens is 1. The lowest BCUT2D eigenvalue weighted by Gasteiger charge is -2.18. The number of aryl methyl sites for hydroxylation is 1. The van der Waals surface area contributed by atoms with Crippen molar-refractivity contribution in [1.82, 2.24) is 4.98 Å². The van der Waals surface area contributed by atoms with Crippen molar-refractivity contribution >= 4 is 0 Å². The molecule has 1 aliphatic carbocycles. The van der Waals surface area contributed by atoms with Gasteiger partial charge in [0.05, 0.1) is 0 Å². The Bertz CT molecular complexity index is 343. The monoisotopic (exact) mass is 165 g/mol. The van der Waals surface area contributed by atoms with Crippen LogP contribution in [0.15, 0.2) is 16.9 Å². The molecule has 1 aromatic rings. The van der Waals surface area contributed by atoms with E-state index in [0.29, 0.717) is 6.04 Å². The molecule has 0 saturated heterocycles. The molecule has 0 bridgehead atoms. The summed E-state index contributed by atoms with van der Waals surface area (Å²) < 4.78 is 0. The summed E-state index contributed by atoms with van der Waals surface area (Å²) in [6.45, 7) is 0. The van der Waals surface area contributed by atoms with Crippen LogP contribution in [0, 0.1) is 0 Å². The summed E-state index contributed by atoms with van der Waals surface area (Å²) in [6, 6.07) is 3.86. The first kappa shape index (κ1) is 7.55. The summed E-state index contributed by atoms with van der Waals surface area (Å²) in [6.07, 6.45) is 3.28. The van der Waals surface area contributed by atoms with E-state index < -0.39 is 0 Å². The van der Waals surface area contributed by atoms with Crippen molar-refractivity contribution in [1.29, 1.82) is 0 Å². The van der Waals surface area contributed by atoms with E-state index in [4.69, 9.17) is 0 Å². The first-order valence-corrected chi connectivity index (χ1v) is 4.32. The van der Waals surface area contributed by atoms with Crippen LogP contribution in [0.1, 0.15) is 30.1 Å². The predicted molar refractivity (Wildman–Crippen MR) is 45.6 cm³/mol. The number of rotatable bonds is 0. The van der Waals surface area contributed by atoms with Crippen LogP contribution in [0.25, 0.3) is 0 Å². The summed E-state index contributed by atoms with van der Waals surface area (Å²) in [5, 5.41) is 0. The highest BCUT2D eigenvalue weighted by Gasteiger charge is 2.19. The summed E-state index contributed by atoms with van der Waals surface area (Å²) in [7, 11) is 0. The third-order valence-corrected chi connectivity index (χ3v) is 2.46. The topological polar surface area (TPSA) is 60.5 Å². The normalized spacial score (nSPS) is 21.9. The van der Waals surface area contributed by atoms with E-state index in [1.807, 2.05) is 6.07 Å². The first-order chi connectivity index (χ1) is 5.77. The van der Waals surface area contributed by atoms with E-state index in [-0.39, 0.29) is 5.56 Å². The van der Waals surface area contributed by atoms with Crippen LogP contribution >= 0.6 is 0 Å². The Balaban J connectivity index is 2.53. The molecule has 0 aliphatic heterocycles. The number of aromatic amines is 1. The molecule has 0 amide bonds. The molecule has 1 atom stereocenters. The van der Waals surface area contributed by atoms with Gasteiger partial charge in [0.25, 0.3) is 0 Å². The van der Waals surface area contributed by atoms with Gasteiger partial charge in [-0.2, -0.15) is 0 Å². The fourth-order valence-electron chi connectivity index (χ4n) is 1.80. The minimum Gasteiger partial charge on any atom is -0.351 e. The minimum atomic E-state index is 0.00264. The average Bonchev–Trinajstić information content (AvgIpc) is 2.04. The maximum Gasteiger partial charge on any atom is 0.248 e. The molecule has 0 unspecified atom stereocenters. The zero-order chi connectivity index (χ0) is 8.55. The fraction of sp³-hybridized carbons (Fsp3) is 0.444.